The van der Waals surface area contributed by atoms with Crippen molar-refractivity contribution in [3.63, 3.8) is 0 Å². The molecule has 2 rings (SSSR count). The topological polar surface area (TPSA) is 47.7 Å². The Morgan fingerprint density at radius 1 is 1.29 bits per heavy atom. The minimum absolute atomic E-state index is 0.340. The molecular formula is C16H27N5. The van der Waals surface area contributed by atoms with E-state index in [1.807, 2.05) is 4.68 Å². The first-order valence-corrected chi connectivity index (χ1v) is 7.93. The van der Waals surface area contributed by atoms with Crippen LogP contribution in [0.1, 0.15) is 64.0 Å². The molecule has 116 valence electrons. The van der Waals surface area contributed by atoms with Gasteiger partial charge in [0, 0.05) is 24.5 Å². The predicted octanol–water partition coefficient (Wildman–Crippen LogP) is 3.16. The summed E-state index contributed by atoms with van der Waals surface area (Å²) in [7, 11) is 0. The molecule has 0 amide bonds. The van der Waals surface area contributed by atoms with Crippen molar-refractivity contribution in [3.05, 3.63) is 36.2 Å². The third kappa shape index (κ3) is 3.94. The van der Waals surface area contributed by atoms with Gasteiger partial charge in [0.15, 0.2) is 0 Å². The summed E-state index contributed by atoms with van der Waals surface area (Å²) in [5.41, 5.74) is 1.35. The highest BCUT2D eigenvalue weighted by Crippen LogP contribution is 2.17. The van der Waals surface area contributed by atoms with Crippen molar-refractivity contribution in [2.45, 2.75) is 59.2 Å². The van der Waals surface area contributed by atoms with Crippen LogP contribution in [0.15, 0.2) is 24.8 Å². The van der Waals surface area contributed by atoms with E-state index >= 15 is 0 Å². The molecule has 2 heterocycles. The second-order valence-corrected chi connectivity index (χ2v) is 5.75. The largest absolute Gasteiger partial charge is 0.346 e. The first-order valence-electron chi connectivity index (χ1n) is 7.93. The highest BCUT2D eigenvalue weighted by Gasteiger charge is 2.12. The summed E-state index contributed by atoms with van der Waals surface area (Å²) in [5.74, 6) is 1.00. The van der Waals surface area contributed by atoms with Crippen LogP contribution >= 0.6 is 0 Å². The van der Waals surface area contributed by atoms with E-state index in [9.17, 15) is 0 Å². The van der Waals surface area contributed by atoms with Crippen LogP contribution in [0.5, 0.6) is 0 Å². The standard InChI is InChI=1S/C16H27N5/c1-5-8-17-15(6-2)14-7-9-20(10-14)11-16-18-12-19-21(16)13(3)4/h7,9-10,12-13,15,17H,5-6,8,11H2,1-4H3. The van der Waals surface area contributed by atoms with Crippen molar-refractivity contribution in [1.82, 2.24) is 24.6 Å². The molecule has 0 aliphatic heterocycles. The van der Waals surface area contributed by atoms with Crippen molar-refractivity contribution in [3.8, 4) is 0 Å². The molecular weight excluding hydrogens is 262 g/mol. The molecule has 0 bridgehead atoms. The summed E-state index contributed by atoms with van der Waals surface area (Å²) in [6, 6.07) is 2.98. The lowest BCUT2D eigenvalue weighted by Gasteiger charge is -2.15. The van der Waals surface area contributed by atoms with Gasteiger partial charge in [-0.15, -0.1) is 0 Å². The van der Waals surface area contributed by atoms with Gasteiger partial charge in [-0.25, -0.2) is 9.67 Å². The molecule has 21 heavy (non-hydrogen) atoms. The third-order valence-corrected chi connectivity index (χ3v) is 3.69. The van der Waals surface area contributed by atoms with E-state index in [1.165, 1.54) is 5.56 Å². The number of nitrogens with zero attached hydrogens (tertiary/aromatic N) is 4. The Morgan fingerprint density at radius 3 is 2.76 bits per heavy atom. The molecule has 0 spiro atoms. The van der Waals surface area contributed by atoms with Crippen LogP contribution in [-0.2, 0) is 6.54 Å². The van der Waals surface area contributed by atoms with E-state index in [1.54, 1.807) is 6.33 Å². The lowest BCUT2D eigenvalue weighted by molar-refractivity contribution is 0.495. The molecule has 5 nitrogen and oxygen atoms in total. The van der Waals surface area contributed by atoms with Gasteiger partial charge in [0.1, 0.15) is 12.2 Å². The number of rotatable bonds is 8. The molecule has 1 unspecified atom stereocenters. The minimum Gasteiger partial charge on any atom is -0.346 e. The van der Waals surface area contributed by atoms with Crippen LogP contribution in [-0.4, -0.2) is 25.9 Å². The van der Waals surface area contributed by atoms with Crippen LogP contribution in [0, 0.1) is 0 Å². The van der Waals surface area contributed by atoms with Gasteiger partial charge in [-0.2, -0.15) is 5.10 Å². The second-order valence-electron chi connectivity index (χ2n) is 5.75. The van der Waals surface area contributed by atoms with E-state index in [0.717, 1.165) is 31.8 Å². The van der Waals surface area contributed by atoms with Crippen LogP contribution in [0.25, 0.3) is 0 Å². The first kappa shape index (κ1) is 15.8. The van der Waals surface area contributed by atoms with E-state index in [4.69, 9.17) is 0 Å². The normalized spacial score (nSPS) is 13.0. The minimum atomic E-state index is 0.340. The van der Waals surface area contributed by atoms with E-state index in [2.05, 4.69) is 66.1 Å². The van der Waals surface area contributed by atoms with Crippen molar-refractivity contribution in [2.24, 2.45) is 0 Å². The molecule has 0 aliphatic carbocycles. The Morgan fingerprint density at radius 2 is 2.10 bits per heavy atom. The lowest BCUT2D eigenvalue weighted by Crippen LogP contribution is -2.21. The van der Waals surface area contributed by atoms with Crippen molar-refractivity contribution >= 4 is 0 Å². The highest BCUT2D eigenvalue weighted by molar-refractivity contribution is 5.16. The maximum atomic E-state index is 4.37. The summed E-state index contributed by atoms with van der Waals surface area (Å²) in [5, 5.41) is 7.88. The SMILES string of the molecule is CCCNC(CC)c1ccn(Cc2ncnn2C(C)C)c1. The second kappa shape index (κ2) is 7.41. The fourth-order valence-corrected chi connectivity index (χ4v) is 2.56. The van der Waals surface area contributed by atoms with Gasteiger partial charge in [-0.1, -0.05) is 13.8 Å². The molecule has 1 N–H and O–H groups in total. The molecule has 0 radical (unpaired) electrons. The Hall–Kier alpha value is -1.62. The highest BCUT2D eigenvalue weighted by atomic mass is 15.4. The van der Waals surface area contributed by atoms with Crippen LogP contribution < -0.4 is 5.32 Å². The van der Waals surface area contributed by atoms with E-state index in [0.29, 0.717) is 12.1 Å². The zero-order valence-electron chi connectivity index (χ0n) is 13.6. The summed E-state index contributed by atoms with van der Waals surface area (Å²) in [6.07, 6.45) is 8.25. The molecule has 2 aromatic heterocycles. The Bertz CT molecular complexity index is 540. The fraction of sp³-hybridized carbons (Fsp3) is 0.625. The Labute approximate surface area is 127 Å². The lowest BCUT2D eigenvalue weighted by atomic mass is 10.1. The molecule has 0 saturated carbocycles. The first-order chi connectivity index (χ1) is 10.2. The average Bonchev–Trinajstić information content (AvgIpc) is 3.10. The number of hydrogen-bond acceptors (Lipinski definition) is 3. The van der Waals surface area contributed by atoms with Gasteiger partial charge in [0.05, 0.1) is 6.54 Å². The van der Waals surface area contributed by atoms with E-state index in [-0.39, 0.29) is 0 Å². The van der Waals surface area contributed by atoms with Gasteiger partial charge >= 0.3 is 0 Å². The Balaban J connectivity index is 2.07. The molecule has 0 aliphatic rings. The molecule has 0 aromatic carbocycles. The van der Waals surface area contributed by atoms with Crippen LogP contribution in [0.2, 0.25) is 0 Å². The van der Waals surface area contributed by atoms with E-state index < -0.39 is 0 Å². The molecule has 1 atom stereocenters. The van der Waals surface area contributed by atoms with Crippen molar-refractivity contribution < 1.29 is 0 Å². The van der Waals surface area contributed by atoms with Crippen molar-refractivity contribution in [2.75, 3.05) is 6.54 Å². The zero-order valence-corrected chi connectivity index (χ0v) is 13.6. The molecule has 2 aromatic rings. The third-order valence-electron chi connectivity index (χ3n) is 3.69. The van der Waals surface area contributed by atoms with Crippen LogP contribution in [0.3, 0.4) is 0 Å². The van der Waals surface area contributed by atoms with Crippen LogP contribution in [0.4, 0.5) is 0 Å². The summed E-state index contributed by atoms with van der Waals surface area (Å²) >= 11 is 0. The summed E-state index contributed by atoms with van der Waals surface area (Å²) in [4.78, 5) is 4.37. The number of hydrogen-bond donors (Lipinski definition) is 1. The smallest absolute Gasteiger partial charge is 0.147 e. The number of nitrogens with one attached hydrogen (secondary N) is 1. The monoisotopic (exact) mass is 289 g/mol. The van der Waals surface area contributed by atoms with Gasteiger partial charge in [-0.3, -0.25) is 0 Å². The summed E-state index contributed by atoms with van der Waals surface area (Å²) < 4.78 is 4.17. The maximum Gasteiger partial charge on any atom is 0.147 e. The van der Waals surface area contributed by atoms with Gasteiger partial charge in [-0.05, 0) is 44.9 Å². The summed E-state index contributed by atoms with van der Waals surface area (Å²) in [6.45, 7) is 10.5. The van der Waals surface area contributed by atoms with Gasteiger partial charge in [0.2, 0.25) is 0 Å². The van der Waals surface area contributed by atoms with Gasteiger partial charge < -0.3 is 9.88 Å². The average molecular weight is 289 g/mol. The predicted molar refractivity (Wildman–Crippen MR) is 85.3 cm³/mol. The number of aromatic nitrogens is 4. The molecule has 5 heteroatoms. The van der Waals surface area contributed by atoms with Gasteiger partial charge in [0.25, 0.3) is 0 Å². The quantitative estimate of drug-likeness (QED) is 0.812. The maximum absolute atomic E-state index is 4.37. The molecule has 0 fully saturated rings. The van der Waals surface area contributed by atoms with Crippen molar-refractivity contribution in [1.29, 1.82) is 0 Å². The zero-order chi connectivity index (χ0) is 15.2. The Kier molecular flexibility index (Phi) is 5.56. The molecule has 0 saturated heterocycles. The fourth-order valence-electron chi connectivity index (χ4n) is 2.56.